The van der Waals surface area contributed by atoms with Crippen molar-refractivity contribution in [2.75, 3.05) is 13.2 Å². The standard InChI is InChI=1S/C18H24O4/c1-3-9-21-17-15(11-19)13-7-5-6-8-14(13)16(12-20)18(17)22-10-4-2/h5-8,19-20H,3-4,9-12H2,1-2H3. The van der Waals surface area contributed by atoms with E-state index in [-0.39, 0.29) is 13.2 Å². The van der Waals surface area contributed by atoms with E-state index in [4.69, 9.17) is 9.47 Å². The first kappa shape index (κ1) is 16.6. The van der Waals surface area contributed by atoms with E-state index in [1.165, 1.54) is 0 Å². The van der Waals surface area contributed by atoms with Crippen molar-refractivity contribution in [1.82, 2.24) is 0 Å². The second kappa shape index (κ2) is 8.01. The molecule has 0 heterocycles. The fourth-order valence-corrected chi connectivity index (χ4v) is 2.56. The zero-order valence-electron chi connectivity index (χ0n) is 13.3. The summed E-state index contributed by atoms with van der Waals surface area (Å²) in [6.45, 7) is 4.87. The predicted octanol–water partition coefficient (Wildman–Crippen LogP) is 3.40. The zero-order valence-corrected chi connectivity index (χ0v) is 13.3. The Morgan fingerprint density at radius 2 is 1.18 bits per heavy atom. The van der Waals surface area contributed by atoms with Crippen LogP contribution in [0, 0.1) is 0 Å². The highest BCUT2D eigenvalue weighted by Gasteiger charge is 2.21. The van der Waals surface area contributed by atoms with Crippen LogP contribution >= 0.6 is 0 Å². The van der Waals surface area contributed by atoms with E-state index in [0.717, 1.165) is 23.6 Å². The lowest BCUT2D eigenvalue weighted by molar-refractivity contribution is 0.235. The van der Waals surface area contributed by atoms with Crippen LogP contribution in [-0.2, 0) is 13.2 Å². The monoisotopic (exact) mass is 304 g/mol. The minimum atomic E-state index is -0.131. The van der Waals surface area contributed by atoms with E-state index in [1.807, 2.05) is 38.1 Å². The van der Waals surface area contributed by atoms with E-state index >= 15 is 0 Å². The molecular weight excluding hydrogens is 280 g/mol. The summed E-state index contributed by atoms with van der Waals surface area (Å²) in [6, 6.07) is 7.70. The molecule has 0 fully saturated rings. The molecule has 4 heteroatoms. The summed E-state index contributed by atoms with van der Waals surface area (Å²) in [5.74, 6) is 1.11. The van der Waals surface area contributed by atoms with Gasteiger partial charge in [0.05, 0.1) is 26.4 Å². The molecule has 2 aromatic carbocycles. The highest BCUT2D eigenvalue weighted by atomic mass is 16.5. The van der Waals surface area contributed by atoms with E-state index in [9.17, 15) is 10.2 Å². The Morgan fingerprint density at radius 1 is 0.773 bits per heavy atom. The first-order chi connectivity index (χ1) is 10.8. The van der Waals surface area contributed by atoms with Crippen molar-refractivity contribution in [2.45, 2.75) is 39.9 Å². The van der Waals surface area contributed by atoms with Gasteiger partial charge in [-0.3, -0.25) is 0 Å². The maximum Gasteiger partial charge on any atom is 0.167 e. The molecule has 2 rings (SSSR count). The van der Waals surface area contributed by atoms with Gasteiger partial charge in [-0.2, -0.15) is 0 Å². The SMILES string of the molecule is CCCOc1c(OCCC)c(CO)c2ccccc2c1CO. The van der Waals surface area contributed by atoms with E-state index in [1.54, 1.807) is 0 Å². The molecule has 0 saturated heterocycles. The van der Waals surface area contributed by atoms with Crippen molar-refractivity contribution < 1.29 is 19.7 Å². The van der Waals surface area contributed by atoms with Crippen LogP contribution in [0.15, 0.2) is 24.3 Å². The van der Waals surface area contributed by atoms with E-state index in [0.29, 0.717) is 35.8 Å². The van der Waals surface area contributed by atoms with Gasteiger partial charge in [-0.05, 0) is 23.6 Å². The van der Waals surface area contributed by atoms with Gasteiger partial charge in [0.1, 0.15) is 0 Å². The lowest BCUT2D eigenvalue weighted by Gasteiger charge is -2.21. The van der Waals surface area contributed by atoms with Crippen LogP contribution in [0.25, 0.3) is 10.8 Å². The van der Waals surface area contributed by atoms with Gasteiger partial charge in [0.2, 0.25) is 0 Å². The molecule has 0 aliphatic rings. The molecule has 4 nitrogen and oxygen atoms in total. The summed E-state index contributed by atoms with van der Waals surface area (Å²) < 4.78 is 11.7. The third-order valence-electron chi connectivity index (χ3n) is 3.55. The van der Waals surface area contributed by atoms with Crippen molar-refractivity contribution in [3.63, 3.8) is 0 Å². The van der Waals surface area contributed by atoms with Crippen LogP contribution in [0.5, 0.6) is 11.5 Å². The molecular formula is C18H24O4. The second-order valence-electron chi connectivity index (χ2n) is 5.17. The third-order valence-corrected chi connectivity index (χ3v) is 3.55. The number of rotatable bonds is 8. The Kier molecular flexibility index (Phi) is 6.04. The largest absolute Gasteiger partial charge is 0.489 e. The molecule has 2 N–H and O–H groups in total. The highest BCUT2D eigenvalue weighted by molar-refractivity contribution is 5.93. The molecule has 2 aromatic rings. The Bertz CT molecular complexity index is 568. The van der Waals surface area contributed by atoms with Gasteiger partial charge in [-0.15, -0.1) is 0 Å². The van der Waals surface area contributed by atoms with E-state index in [2.05, 4.69) is 0 Å². The molecule has 22 heavy (non-hydrogen) atoms. The number of aliphatic hydroxyl groups is 2. The summed E-state index contributed by atoms with van der Waals surface area (Å²) in [7, 11) is 0. The van der Waals surface area contributed by atoms with Crippen molar-refractivity contribution >= 4 is 10.8 Å². The highest BCUT2D eigenvalue weighted by Crippen LogP contribution is 2.42. The Morgan fingerprint density at radius 3 is 1.50 bits per heavy atom. The van der Waals surface area contributed by atoms with Gasteiger partial charge < -0.3 is 19.7 Å². The summed E-state index contributed by atoms with van der Waals surface area (Å²) in [4.78, 5) is 0. The number of aliphatic hydroxyl groups excluding tert-OH is 2. The summed E-state index contributed by atoms with van der Waals surface area (Å²) >= 11 is 0. The molecule has 0 unspecified atom stereocenters. The second-order valence-corrected chi connectivity index (χ2v) is 5.17. The van der Waals surface area contributed by atoms with Gasteiger partial charge in [-0.1, -0.05) is 38.1 Å². The fraction of sp³-hybridized carbons (Fsp3) is 0.444. The van der Waals surface area contributed by atoms with Gasteiger partial charge in [0.25, 0.3) is 0 Å². The lowest BCUT2D eigenvalue weighted by Crippen LogP contribution is -2.08. The maximum atomic E-state index is 9.83. The fourth-order valence-electron chi connectivity index (χ4n) is 2.56. The van der Waals surface area contributed by atoms with Gasteiger partial charge in [-0.25, -0.2) is 0 Å². The number of fused-ring (bicyclic) bond motifs is 1. The molecule has 0 bridgehead atoms. The van der Waals surface area contributed by atoms with Crippen LogP contribution in [0.2, 0.25) is 0 Å². The normalized spacial score (nSPS) is 10.9. The smallest absolute Gasteiger partial charge is 0.167 e. The first-order valence-corrected chi connectivity index (χ1v) is 7.82. The maximum absolute atomic E-state index is 9.83. The van der Waals surface area contributed by atoms with Crippen molar-refractivity contribution in [2.24, 2.45) is 0 Å². The number of ether oxygens (including phenoxy) is 2. The quantitative estimate of drug-likeness (QED) is 0.784. The van der Waals surface area contributed by atoms with Crippen LogP contribution in [0.3, 0.4) is 0 Å². The molecule has 0 aliphatic carbocycles. The zero-order chi connectivity index (χ0) is 15.9. The number of hydrogen-bond donors (Lipinski definition) is 2. The molecule has 0 atom stereocenters. The summed E-state index contributed by atoms with van der Waals surface area (Å²) in [5.41, 5.74) is 1.43. The van der Waals surface area contributed by atoms with Crippen LogP contribution < -0.4 is 9.47 Å². The predicted molar refractivity (Wildman–Crippen MR) is 87.4 cm³/mol. The van der Waals surface area contributed by atoms with E-state index < -0.39 is 0 Å². The van der Waals surface area contributed by atoms with Crippen molar-refractivity contribution in [3.8, 4) is 11.5 Å². The van der Waals surface area contributed by atoms with Gasteiger partial charge in [0, 0.05) is 11.1 Å². The molecule has 0 aliphatic heterocycles. The topological polar surface area (TPSA) is 58.9 Å². The Labute approximate surface area is 131 Å². The molecule has 0 spiro atoms. The average Bonchev–Trinajstić information content (AvgIpc) is 2.56. The Hall–Kier alpha value is -1.78. The molecule has 0 amide bonds. The van der Waals surface area contributed by atoms with Crippen molar-refractivity contribution in [1.29, 1.82) is 0 Å². The molecule has 0 radical (unpaired) electrons. The minimum absolute atomic E-state index is 0.131. The molecule has 0 aromatic heterocycles. The summed E-state index contributed by atoms with van der Waals surface area (Å²) in [5, 5.41) is 21.4. The first-order valence-electron chi connectivity index (χ1n) is 7.82. The van der Waals surface area contributed by atoms with Gasteiger partial charge >= 0.3 is 0 Å². The van der Waals surface area contributed by atoms with Crippen LogP contribution in [-0.4, -0.2) is 23.4 Å². The molecule has 0 saturated carbocycles. The number of hydrogen-bond acceptors (Lipinski definition) is 4. The summed E-state index contributed by atoms with van der Waals surface area (Å²) in [6.07, 6.45) is 1.72. The van der Waals surface area contributed by atoms with Gasteiger partial charge in [0.15, 0.2) is 11.5 Å². The average molecular weight is 304 g/mol. The molecule has 120 valence electrons. The Balaban J connectivity index is 2.72. The minimum Gasteiger partial charge on any atom is -0.489 e. The van der Waals surface area contributed by atoms with Crippen LogP contribution in [0.4, 0.5) is 0 Å². The number of benzene rings is 2. The lowest BCUT2D eigenvalue weighted by atomic mass is 9.97. The third kappa shape index (κ3) is 3.18. The van der Waals surface area contributed by atoms with Crippen LogP contribution in [0.1, 0.15) is 37.8 Å². The van der Waals surface area contributed by atoms with Crippen molar-refractivity contribution in [3.05, 3.63) is 35.4 Å².